The minimum Gasteiger partial charge on any atom is -0.406 e. The third-order valence-corrected chi connectivity index (χ3v) is 7.33. The van der Waals surface area contributed by atoms with Gasteiger partial charge in [0, 0.05) is 62.9 Å². The Morgan fingerprint density at radius 3 is 2.65 bits per heavy atom. The average Bonchev–Trinajstić information content (AvgIpc) is 3.19. The molecular formula is C25H23F4N9O2. The van der Waals surface area contributed by atoms with E-state index in [-0.39, 0.29) is 47.0 Å². The van der Waals surface area contributed by atoms with E-state index in [0.717, 1.165) is 6.20 Å². The van der Waals surface area contributed by atoms with Crippen LogP contribution in [0.1, 0.15) is 5.56 Å². The number of aromatic nitrogens is 7. The molecule has 1 aromatic carbocycles. The average molecular weight is 558 g/mol. The first-order valence-electron chi connectivity index (χ1n) is 12.4. The third-order valence-electron chi connectivity index (χ3n) is 7.33. The molecule has 4 aromatic rings. The molecule has 6 rings (SSSR count). The molecule has 2 fully saturated rings. The van der Waals surface area contributed by atoms with E-state index >= 15 is 0 Å². The Balaban J connectivity index is 1.16. The molecule has 1 aliphatic heterocycles. The summed E-state index contributed by atoms with van der Waals surface area (Å²) in [6.45, 7) is 1.45. The van der Waals surface area contributed by atoms with Crippen LogP contribution in [0.5, 0.6) is 5.75 Å². The Hall–Kier alpha value is -4.56. The summed E-state index contributed by atoms with van der Waals surface area (Å²) in [6, 6.07) is 8.57. The van der Waals surface area contributed by atoms with Crippen molar-refractivity contribution < 1.29 is 22.3 Å². The van der Waals surface area contributed by atoms with Gasteiger partial charge in [0.15, 0.2) is 5.82 Å². The maximum Gasteiger partial charge on any atom is 0.573 e. The van der Waals surface area contributed by atoms with E-state index in [9.17, 15) is 22.4 Å². The molecule has 0 spiro atoms. The molecule has 3 atom stereocenters. The zero-order chi connectivity index (χ0) is 28.2. The van der Waals surface area contributed by atoms with Gasteiger partial charge in [0.1, 0.15) is 5.75 Å². The predicted molar refractivity (Wildman–Crippen MR) is 134 cm³/mol. The molecule has 11 nitrogen and oxygen atoms in total. The van der Waals surface area contributed by atoms with Crippen molar-refractivity contribution in [1.29, 1.82) is 0 Å². The van der Waals surface area contributed by atoms with E-state index in [1.165, 1.54) is 45.8 Å². The van der Waals surface area contributed by atoms with E-state index in [1.54, 1.807) is 13.1 Å². The van der Waals surface area contributed by atoms with Crippen molar-refractivity contribution in [2.24, 2.45) is 18.9 Å². The van der Waals surface area contributed by atoms with Crippen LogP contribution in [0.3, 0.4) is 0 Å². The van der Waals surface area contributed by atoms with Gasteiger partial charge >= 0.3 is 6.36 Å². The van der Waals surface area contributed by atoms with Crippen LogP contribution < -0.4 is 20.1 Å². The fourth-order valence-corrected chi connectivity index (χ4v) is 5.47. The zero-order valence-corrected chi connectivity index (χ0v) is 21.3. The van der Waals surface area contributed by atoms with Crippen molar-refractivity contribution in [3.05, 3.63) is 70.5 Å². The van der Waals surface area contributed by atoms with Crippen molar-refractivity contribution in [2.75, 3.05) is 29.9 Å². The van der Waals surface area contributed by atoms with Gasteiger partial charge in [-0.2, -0.15) is 0 Å². The lowest BCUT2D eigenvalue weighted by atomic mass is 10.2. The molecule has 40 heavy (non-hydrogen) atoms. The summed E-state index contributed by atoms with van der Waals surface area (Å²) < 4.78 is 59.1. The number of rotatable bonds is 7. The summed E-state index contributed by atoms with van der Waals surface area (Å²) in [5, 5.41) is 11.9. The highest BCUT2D eigenvalue weighted by atomic mass is 19.4. The Morgan fingerprint density at radius 1 is 1.15 bits per heavy atom. The fourth-order valence-electron chi connectivity index (χ4n) is 5.47. The molecule has 1 saturated heterocycles. The first-order valence-corrected chi connectivity index (χ1v) is 12.4. The fraction of sp³-hybridized carbons (Fsp3) is 0.360. The van der Waals surface area contributed by atoms with Gasteiger partial charge in [0.25, 0.3) is 5.56 Å². The number of anilines is 2. The number of fused-ring (bicyclic) bond motifs is 1. The largest absolute Gasteiger partial charge is 0.573 e. The molecule has 4 heterocycles. The van der Waals surface area contributed by atoms with Crippen LogP contribution in [0.2, 0.25) is 0 Å². The third kappa shape index (κ3) is 4.82. The van der Waals surface area contributed by atoms with Crippen LogP contribution in [-0.4, -0.2) is 67.3 Å². The molecular weight excluding hydrogens is 534 g/mol. The molecule has 1 saturated carbocycles. The van der Waals surface area contributed by atoms with E-state index in [1.807, 2.05) is 16.8 Å². The number of alkyl halides is 3. The van der Waals surface area contributed by atoms with E-state index in [2.05, 4.69) is 30.2 Å². The first-order chi connectivity index (χ1) is 19.1. The Kier molecular flexibility index (Phi) is 6.15. The summed E-state index contributed by atoms with van der Waals surface area (Å²) in [5.41, 5.74) is 0.683. The van der Waals surface area contributed by atoms with E-state index in [4.69, 9.17) is 0 Å². The molecule has 0 N–H and O–H groups in total. The standard InChI is InChI=1S/C25H23F4N9O2/c1-35-21(39)9-20(16-6-7-30-10-19(16)26)31-23(35)36(2)22-17-12-37(13-18(17)22)24-32-33-34-38(24)11-14-4-3-5-15(8-14)40-25(27,28)29/h3-10,17-18,22H,11-13H2,1-2H3/t17-,18+,22+. The van der Waals surface area contributed by atoms with Gasteiger partial charge in [-0.3, -0.25) is 14.3 Å². The van der Waals surface area contributed by atoms with Crippen LogP contribution in [-0.2, 0) is 13.6 Å². The van der Waals surface area contributed by atoms with Crippen LogP contribution in [0.25, 0.3) is 11.3 Å². The SMILES string of the molecule is CN(c1nc(-c2ccncc2F)cc(=O)n1C)[C@H]1[C@@H]2CN(c3nnnn3Cc3cccc(OC(F)(F)F)c3)C[C@@H]21. The maximum absolute atomic E-state index is 14.3. The summed E-state index contributed by atoms with van der Waals surface area (Å²) in [7, 11) is 3.49. The van der Waals surface area contributed by atoms with Crippen molar-refractivity contribution in [1.82, 2.24) is 34.7 Å². The number of tetrazole rings is 1. The van der Waals surface area contributed by atoms with Gasteiger partial charge in [-0.05, 0) is 34.2 Å². The second-order valence-corrected chi connectivity index (χ2v) is 9.86. The zero-order valence-electron chi connectivity index (χ0n) is 21.3. The summed E-state index contributed by atoms with van der Waals surface area (Å²) in [5.74, 6) is 0.556. The molecule has 0 bridgehead atoms. The van der Waals surface area contributed by atoms with Crippen LogP contribution >= 0.6 is 0 Å². The normalized spacial score (nSPS) is 19.9. The molecule has 0 radical (unpaired) electrons. The number of hydrogen-bond acceptors (Lipinski definition) is 9. The van der Waals surface area contributed by atoms with Crippen LogP contribution in [0.4, 0.5) is 29.5 Å². The van der Waals surface area contributed by atoms with Crippen LogP contribution in [0, 0.1) is 17.7 Å². The number of piperidine rings is 1. The number of nitrogens with zero attached hydrogens (tertiary/aromatic N) is 9. The Bertz CT molecular complexity index is 1610. The van der Waals surface area contributed by atoms with Gasteiger partial charge in [0.05, 0.1) is 18.4 Å². The van der Waals surface area contributed by atoms with Crippen molar-refractivity contribution >= 4 is 11.9 Å². The van der Waals surface area contributed by atoms with Gasteiger partial charge in [-0.15, -0.1) is 13.2 Å². The molecule has 1 aliphatic carbocycles. The van der Waals surface area contributed by atoms with E-state index in [0.29, 0.717) is 30.5 Å². The summed E-state index contributed by atoms with van der Waals surface area (Å²) >= 11 is 0. The molecule has 3 aromatic heterocycles. The second kappa shape index (κ2) is 9.57. The lowest BCUT2D eigenvalue weighted by Crippen LogP contribution is -2.37. The molecule has 0 amide bonds. The van der Waals surface area contributed by atoms with Crippen molar-refractivity contribution in [3.8, 4) is 17.0 Å². The molecule has 2 aliphatic rings. The monoisotopic (exact) mass is 557 g/mol. The number of benzene rings is 1. The number of hydrogen-bond donors (Lipinski definition) is 0. The number of halogens is 4. The quantitative estimate of drug-likeness (QED) is 0.317. The first kappa shape index (κ1) is 25.7. The van der Waals surface area contributed by atoms with Gasteiger partial charge in [-0.1, -0.05) is 17.2 Å². The van der Waals surface area contributed by atoms with Crippen molar-refractivity contribution in [3.63, 3.8) is 0 Å². The minimum atomic E-state index is -4.78. The molecule has 0 unspecified atom stereocenters. The smallest absolute Gasteiger partial charge is 0.406 e. The number of pyridine rings is 1. The summed E-state index contributed by atoms with van der Waals surface area (Å²) in [6.07, 6.45) is -2.25. The highest BCUT2D eigenvalue weighted by Crippen LogP contribution is 2.50. The lowest BCUT2D eigenvalue weighted by Gasteiger charge is -2.26. The Morgan fingerprint density at radius 2 is 1.93 bits per heavy atom. The summed E-state index contributed by atoms with van der Waals surface area (Å²) in [4.78, 5) is 25.0. The van der Waals surface area contributed by atoms with Crippen molar-refractivity contribution in [2.45, 2.75) is 18.9 Å². The second-order valence-electron chi connectivity index (χ2n) is 9.86. The lowest BCUT2D eigenvalue weighted by molar-refractivity contribution is -0.274. The van der Waals surface area contributed by atoms with Crippen LogP contribution in [0.15, 0.2) is 53.6 Å². The van der Waals surface area contributed by atoms with Gasteiger partial charge < -0.3 is 14.5 Å². The van der Waals surface area contributed by atoms with Gasteiger partial charge in [-0.25, -0.2) is 14.1 Å². The molecule has 208 valence electrons. The van der Waals surface area contributed by atoms with Gasteiger partial charge in [0.2, 0.25) is 11.9 Å². The predicted octanol–water partition coefficient (Wildman–Crippen LogP) is 2.49. The topological polar surface area (TPSA) is 107 Å². The minimum absolute atomic E-state index is 0.104. The highest BCUT2D eigenvalue weighted by molar-refractivity contribution is 5.60. The Labute approximate surface area is 224 Å². The number of ether oxygens (including phenoxy) is 1. The molecule has 15 heteroatoms. The maximum atomic E-state index is 14.3. The van der Waals surface area contributed by atoms with E-state index < -0.39 is 12.2 Å². The highest BCUT2D eigenvalue weighted by Gasteiger charge is 2.59.